The Labute approximate surface area is 199 Å². The number of nitro benzene ring substituents is 1. The molecule has 4 aromatic rings. The molecule has 0 bridgehead atoms. The summed E-state index contributed by atoms with van der Waals surface area (Å²) in [6, 6.07) is 10.9. The smallest absolute Gasteiger partial charge is 0.271 e. The maximum absolute atomic E-state index is 12.6. The van der Waals surface area contributed by atoms with Gasteiger partial charge in [-0.1, -0.05) is 23.7 Å². The van der Waals surface area contributed by atoms with Crippen LogP contribution in [0.4, 0.5) is 11.4 Å². The number of nitrogens with one attached hydrogen (secondary N) is 1. The number of aryl methyl sites for hydroxylation is 1. The molecular weight excluding hydrogens is 460 g/mol. The first-order valence-electron chi connectivity index (χ1n) is 10.4. The van der Waals surface area contributed by atoms with E-state index in [2.05, 4.69) is 15.5 Å². The molecule has 0 unspecified atom stereocenters. The molecule has 2 aromatic carbocycles. The minimum atomic E-state index is -0.521. The van der Waals surface area contributed by atoms with Crippen LogP contribution in [-0.2, 0) is 19.7 Å². The number of nitrogens with zero attached hydrogens (tertiary/aromatic N) is 5. The zero-order valence-corrected chi connectivity index (χ0v) is 19.0. The summed E-state index contributed by atoms with van der Waals surface area (Å²) >= 11 is 6.04. The van der Waals surface area contributed by atoms with Crippen molar-refractivity contribution in [1.29, 1.82) is 0 Å². The number of hydrogen-bond donors (Lipinski definition) is 1. The van der Waals surface area contributed by atoms with E-state index >= 15 is 0 Å². The van der Waals surface area contributed by atoms with Crippen molar-refractivity contribution in [2.24, 2.45) is 0 Å². The molecule has 0 atom stereocenters. The Bertz CT molecular complexity index is 1320. The van der Waals surface area contributed by atoms with Crippen LogP contribution < -0.4 is 10.1 Å². The summed E-state index contributed by atoms with van der Waals surface area (Å²) < 4.78 is 9.22. The van der Waals surface area contributed by atoms with Gasteiger partial charge in [-0.25, -0.2) is 0 Å². The topological polar surface area (TPSA) is 117 Å². The van der Waals surface area contributed by atoms with E-state index in [-0.39, 0.29) is 23.2 Å². The third-order valence-electron chi connectivity index (χ3n) is 4.98. The second-order valence-corrected chi connectivity index (χ2v) is 7.85. The number of aromatic nitrogens is 4. The zero-order valence-electron chi connectivity index (χ0n) is 18.2. The molecule has 0 aliphatic heterocycles. The van der Waals surface area contributed by atoms with Crippen LogP contribution in [0.3, 0.4) is 0 Å². The van der Waals surface area contributed by atoms with E-state index in [1.54, 1.807) is 47.5 Å². The summed E-state index contributed by atoms with van der Waals surface area (Å²) in [4.78, 5) is 22.9. The summed E-state index contributed by atoms with van der Waals surface area (Å²) in [6.45, 7) is 3.58. The standard InChI is InChI=1S/C23H21ClN6O4/c1-2-28-12-17(10-25-28)13-29-14-19(11-26-29)27-23(31)18-5-3-16(4-6-18)15-34-22-8-7-20(30(32)33)9-21(22)24/h3-12,14H,2,13,15H2,1H3,(H,27,31). The molecule has 0 saturated heterocycles. The van der Waals surface area contributed by atoms with E-state index in [0.717, 1.165) is 17.7 Å². The molecule has 0 spiro atoms. The molecule has 0 aliphatic rings. The Morgan fingerprint density at radius 2 is 1.85 bits per heavy atom. The maximum atomic E-state index is 12.6. The summed E-state index contributed by atoms with van der Waals surface area (Å²) in [5.74, 6) is 0.0809. The molecule has 1 amide bonds. The number of rotatable bonds is 9. The highest BCUT2D eigenvalue weighted by Crippen LogP contribution is 2.29. The number of halogens is 1. The molecule has 1 N–H and O–H groups in total. The number of hydrogen-bond acceptors (Lipinski definition) is 6. The number of non-ortho nitro benzene ring substituents is 1. The lowest BCUT2D eigenvalue weighted by atomic mass is 10.1. The van der Waals surface area contributed by atoms with Gasteiger partial charge in [-0.2, -0.15) is 10.2 Å². The average Bonchev–Trinajstić information content (AvgIpc) is 3.47. The van der Waals surface area contributed by atoms with Crippen LogP contribution in [0.1, 0.15) is 28.4 Å². The lowest BCUT2D eigenvalue weighted by Crippen LogP contribution is -2.11. The highest BCUT2D eigenvalue weighted by molar-refractivity contribution is 6.32. The molecule has 0 fully saturated rings. The van der Waals surface area contributed by atoms with Gasteiger partial charge in [-0.3, -0.25) is 24.3 Å². The van der Waals surface area contributed by atoms with Gasteiger partial charge in [-0.05, 0) is 30.7 Å². The molecule has 174 valence electrons. The van der Waals surface area contributed by atoms with Gasteiger partial charge in [0.15, 0.2) is 0 Å². The molecule has 0 aliphatic carbocycles. The van der Waals surface area contributed by atoms with E-state index in [4.69, 9.17) is 16.3 Å². The number of carbonyl (C=O) groups is 1. The summed E-state index contributed by atoms with van der Waals surface area (Å²) in [5.41, 5.74) is 2.80. The first-order chi connectivity index (χ1) is 16.4. The molecule has 4 rings (SSSR count). The molecule has 0 saturated carbocycles. The van der Waals surface area contributed by atoms with Gasteiger partial charge < -0.3 is 10.1 Å². The third-order valence-corrected chi connectivity index (χ3v) is 5.28. The first-order valence-corrected chi connectivity index (χ1v) is 10.8. The van der Waals surface area contributed by atoms with Gasteiger partial charge in [0.25, 0.3) is 11.6 Å². The number of carbonyl (C=O) groups excluding carboxylic acids is 1. The first kappa shape index (κ1) is 23.0. The number of anilines is 1. The van der Waals surface area contributed by atoms with Crippen molar-refractivity contribution >= 4 is 28.9 Å². The number of benzene rings is 2. The highest BCUT2D eigenvalue weighted by atomic mass is 35.5. The van der Waals surface area contributed by atoms with Gasteiger partial charge in [-0.15, -0.1) is 0 Å². The van der Waals surface area contributed by atoms with Crippen LogP contribution in [0.2, 0.25) is 5.02 Å². The predicted octanol–water partition coefficient (Wildman–Crippen LogP) is 4.54. The summed E-state index contributed by atoms with van der Waals surface area (Å²) in [5, 5.41) is 22.3. The highest BCUT2D eigenvalue weighted by Gasteiger charge is 2.11. The fourth-order valence-corrected chi connectivity index (χ4v) is 3.43. The molecule has 2 heterocycles. The molecule has 34 heavy (non-hydrogen) atoms. The fraction of sp³-hybridized carbons (Fsp3) is 0.174. The third kappa shape index (κ3) is 5.59. The second kappa shape index (κ2) is 10.2. The quantitative estimate of drug-likeness (QED) is 0.277. The fourth-order valence-electron chi connectivity index (χ4n) is 3.20. The summed E-state index contributed by atoms with van der Waals surface area (Å²) in [6.07, 6.45) is 7.11. The van der Waals surface area contributed by atoms with Crippen LogP contribution >= 0.6 is 11.6 Å². The van der Waals surface area contributed by atoms with Crippen molar-refractivity contribution in [3.8, 4) is 5.75 Å². The second-order valence-electron chi connectivity index (χ2n) is 7.44. The Morgan fingerprint density at radius 3 is 2.53 bits per heavy atom. The monoisotopic (exact) mass is 480 g/mol. The number of ether oxygens (including phenoxy) is 1. The largest absolute Gasteiger partial charge is 0.487 e. The van der Waals surface area contributed by atoms with Crippen molar-refractivity contribution in [1.82, 2.24) is 19.6 Å². The average molecular weight is 481 g/mol. The number of nitro groups is 1. The van der Waals surface area contributed by atoms with Crippen molar-refractivity contribution in [2.45, 2.75) is 26.6 Å². The molecule has 0 radical (unpaired) electrons. The van der Waals surface area contributed by atoms with Crippen LogP contribution in [0.5, 0.6) is 5.75 Å². The van der Waals surface area contributed by atoms with Crippen LogP contribution in [0.25, 0.3) is 0 Å². The predicted molar refractivity (Wildman–Crippen MR) is 126 cm³/mol. The van der Waals surface area contributed by atoms with Crippen molar-refractivity contribution in [3.63, 3.8) is 0 Å². The van der Waals surface area contributed by atoms with Crippen LogP contribution in [-0.4, -0.2) is 30.4 Å². The normalized spacial score (nSPS) is 10.8. The number of amides is 1. The Morgan fingerprint density at radius 1 is 1.09 bits per heavy atom. The van der Waals surface area contributed by atoms with Gasteiger partial charge in [0, 0.05) is 42.2 Å². The van der Waals surface area contributed by atoms with Gasteiger partial charge >= 0.3 is 0 Å². The Hall–Kier alpha value is -4.18. The Kier molecular flexibility index (Phi) is 6.88. The minimum absolute atomic E-state index is 0.106. The van der Waals surface area contributed by atoms with Gasteiger partial charge in [0.1, 0.15) is 12.4 Å². The zero-order chi connectivity index (χ0) is 24.1. The Balaban J connectivity index is 1.32. The van der Waals surface area contributed by atoms with E-state index < -0.39 is 4.92 Å². The summed E-state index contributed by atoms with van der Waals surface area (Å²) in [7, 11) is 0. The van der Waals surface area contributed by atoms with Crippen LogP contribution in [0.15, 0.2) is 67.3 Å². The van der Waals surface area contributed by atoms with Gasteiger partial charge in [0.2, 0.25) is 0 Å². The molecule has 11 heteroatoms. The minimum Gasteiger partial charge on any atom is -0.487 e. The lowest BCUT2D eigenvalue weighted by Gasteiger charge is -2.09. The van der Waals surface area contributed by atoms with E-state index in [1.807, 2.05) is 17.8 Å². The molecular formula is C23H21ClN6O4. The van der Waals surface area contributed by atoms with Gasteiger partial charge in [0.05, 0.1) is 34.6 Å². The lowest BCUT2D eigenvalue weighted by molar-refractivity contribution is -0.384. The molecule has 10 nitrogen and oxygen atoms in total. The van der Waals surface area contributed by atoms with E-state index in [0.29, 0.717) is 23.5 Å². The van der Waals surface area contributed by atoms with Crippen molar-refractivity contribution in [2.75, 3.05) is 5.32 Å². The van der Waals surface area contributed by atoms with Crippen molar-refractivity contribution < 1.29 is 14.5 Å². The van der Waals surface area contributed by atoms with E-state index in [9.17, 15) is 14.9 Å². The van der Waals surface area contributed by atoms with Crippen molar-refractivity contribution in [3.05, 3.63) is 99.1 Å². The molecule has 2 aromatic heterocycles. The van der Waals surface area contributed by atoms with Crippen LogP contribution in [0, 0.1) is 10.1 Å². The van der Waals surface area contributed by atoms with E-state index in [1.165, 1.54) is 18.2 Å². The SMILES string of the molecule is CCn1cc(Cn2cc(NC(=O)c3ccc(COc4ccc([N+](=O)[O-])cc4Cl)cc3)cn2)cn1. The maximum Gasteiger partial charge on any atom is 0.271 e.